The number of ether oxygens (including phenoxy) is 1. The van der Waals surface area contributed by atoms with Crippen LogP contribution in [0.2, 0.25) is 0 Å². The van der Waals surface area contributed by atoms with E-state index in [2.05, 4.69) is 15.8 Å². The van der Waals surface area contributed by atoms with Crippen molar-refractivity contribution < 1.29 is 14.3 Å². The molecule has 29 heavy (non-hydrogen) atoms. The van der Waals surface area contributed by atoms with E-state index in [9.17, 15) is 9.59 Å². The van der Waals surface area contributed by atoms with E-state index in [1.165, 1.54) is 29.7 Å². The van der Waals surface area contributed by atoms with Crippen LogP contribution in [0.3, 0.4) is 0 Å². The molecule has 0 bridgehead atoms. The van der Waals surface area contributed by atoms with E-state index >= 15 is 0 Å². The molecule has 1 aromatic carbocycles. The standard InChI is InChI=1S/C22H27N3O3S/c26-21(18-7-4-5-16(13-18)15-25-9-11-28-12-10-25)23-24-22(27)20-14-17-6-2-1-3-8-19(17)29-20/h4-5,7,13-14H,1-3,6,8-12,15H2,(H,23,26)(H,24,27). The second kappa shape index (κ2) is 9.52. The molecule has 2 heterocycles. The van der Waals surface area contributed by atoms with Crippen LogP contribution in [0.15, 0.2) is 30.3 Å². The Morgan fingerprint density at radius 3 is 2.66 bits per heavy atom. The first-order valence-electron chi connectivity index (χ1n) is 10.3. The van der Waals surface area contributed by atoms with Gasteiger partial charge in [0.05, 0.1) is 18.1 Å². The molecule has 1 aromatic heterocycles. The van der Waals surface area contributed by atoms with Crippen molar-refractivity contribution in [1.29, 1.82) is 0 Å². The minimum Gasteiger partial charge on any atom is -0.379 e. The number of hydrogen-bond donors (Lipinski definition) is 2. The number of morpholine rings is 1. The third-order valence-electron chi connectivity index (χ3n) is 5.46. The number of nitrogens with one attached hydrogen (secondary N) is 2. The molecular weight excluding hydrogens is 386 g/mol. The van der Waals surface area contributed by atoms with Gasteiger partial charge in [-0.15, -0.1) is 11.3 Å². The Bertz CT molecular complexity index is 850. The molecule has 2 aromatic rings. The van der Waals surface area contributed by atoms with E-state index in [1.807, 2.05) is 24.3 Å². The number of hydrogen-bond acceptors (Lipinski definition) is 5. The third-order valence-corrected chi connectivity index (χ3v) is 6.69. The molecule has 0 unspecified atom stereocenters. The summed E-state index contributed by atoms with van der Waals surface area (Å²) in [5, 5.41) is 0. The molecule has 0 saturated carbocycles. The van der Waals surface area contributed by atoms with Gasteiger partial charge in [0.25, 0.3) is 11.8 Å². The smallest absolute Gasteiger partial charge is 0.279 e. The Labute approximate surface area is 175 Å². The molecule has 0 spiro atoms. The van der Waals surface area contributed by atoms with Gasteiger partial charge >= 0.3 is 0 Å². The largest absolute Gasteiger partial charge is 0.379 e. The SMILES string of the molecule is O=C(NNC(=O)c1cc2c(s1)CCCCC2)c1cccc(CN2CCOCC2)c1. The first kappa shape index (κ1) is 20.1. The molecule has 0 atom stereocenters. The van der Waals surface area contributed by atoms with Crippen LogP contribution in [0.5, 0.6) is 0 Å². The van der Waals surface area contributed by atoms with Crippen molar-refractivity contribution in [3.63, 3.8) is 0 Å². The second-order valence-electron chi connectivity index (χ2n) is 7.62. The maximum atomic E-state index is 12.5. The van der Waals surface area contributed by atoms with Crippen LogP contribution in [-0.2, 0) is 24.1 Å². The predicted octanol–water partition coefficient (Wildman–Crippen LogP) is 2.92. The first-order valence-corrected chi connectivity index (χ1v) is 11.1. The molecular formula is C22H27N3O3S. The van der Waals surface area contributed by atoms with Crippen molar-refractivity contribution in [1.82, 2.24) is 15.8 Å². The van der Waals surface area contributed by atoms with E-state index in [4.69, 9.17) is 4.74 Å². The summed E-state index contributed by atoms with van der Waals surface area (Å²) in [6.45, 7) is 4.09. The zero-order chi connectivity index (χ0) is 20.1. The van der Waals surface area contributed by atoms with Crippen molar-refractivity contribution in [3.05, 3.63) is 56.8 Å². The van der Waals surface area contributed by atoms with Gasteiger partial charge in [-0.2, -0.15) is 0 Å². The molecule has 1 saturated heterocycles. The van der Waals surface area contributed by atoms with Gasteiger partial charge in [0.1, 0.15) is 0 Å². The van der Waals surface area contributed by atoms with Gasteiger partial charge in [-0.05, 0) is 55.0 Å². The lowest BCUT2D eigenvalue weighted by Gasteiger charge is -2.26. The van der Waals surface area contributed by atoms with E-state index in [-0.39, 0.29) is 11.8 Å². The number of amides is 2. The molecule has 154 valence electrons. The molecule has 1 aliphatic heterocycles. The molecule has 2 N–H and O–H groups in total. The number of rotatable bonds is 4. The van der Waals surface area contributed by atoms with Gasteiger partial charge in [-0.3, -0.25) is 25.3 Å². The van der Waals surface area contributed by atoms with E-state index in [0.29, 0.717) is 10.4 Å². The maximum Gasteiger partial charge on any atom is 0.279 e. The summed E-state index contributed by atoms with van der Waals surface area (Å²) in [5.41, 5.74) is 8.03. The zero-order valence-corrected chi connectivity index (χ0v) is 17.4. The normalized spacial score (nSPS) is 17.2. The van der Waals surface area contributed by atoms with Crippen molar-refractivity contribution in [2.24, 2.45) is 0 Å². The lowest BCUT2D eigenvalue weighted by Crippen LogP contribution is -2.41. The molecule has 1 fully saturated rings. The van der Waals surface area contributed by atoms with Crippen molar-refractivity contribution in [3.8, 4) is 0 Å². The number of carbonyl (C=O) groups excluding carboxylic acids is 2. The van der Waals surface area contributed by atoms with Crippen LogP contribution in [-0.4, -0.2) is 43.0 Å². The highest BCUT2D eigenvalue weighted by atomic mass is 32.1. The Morgan fingerprint density at radius 1 is 1.00 bits per heavy atom. The number of thiophene rings is 1. The highest BCUT2D eigenvalue weighted by molar-refractivity contribution is 7.14. The fourth-order valence-electron chi connectivity index (χ4n) is 3.86. The average molecular weight is 414 g/mol. The lowest BCUT2D eigenvalue weighted by atomic mass is 10.1. The summed E-state index contributed by atoms with van der Waals surface area (Å²) in [4.78, 5) is 29.3. The third kappa shape index (κ3) is 5.23. The fourth-order valence-corrected chi connectivity index (χ4v) is 5.00. The Kier molecular flexibility index (Phi) is 6.59. The molecule has 7 heteroatoms. The summed E-state index contributed by atoms with van der Waals surface area (Å²) >= 11 is 1.55. The van der Waals surface area contributed by atoms with Crippen LogP contribution >= 0.6 is 11.3 Å². The molecule has 6 nitrogen and oxygen atoms in total. The van der Waals surface area contributed by atoms with Crippen molar-refractivity contribution in [2.45, 2.75) is 38.6 Å². The molecule has 2 aliphatic rings. The number of hydrazine groups is 1. The number of fused-ring (bicyclic) bond motifs is 1. The van der Waals surface area contributed by atoms with E-state index in [0.717, 1.165) is 51.3 Å². The summed E-state index contributed by atoms with van der Waals surface area (Å²) in [6.07, 6.45) is 5.72. The quantitative estimate of drug-likeness (QED) is 0.597. The fraction of sp³-hybridized carbons (Fsp3) is 0.455. The van der Waals surface area contributed by atoms with Gasteiger partial charge in [0.15, 0.2) is 0 Å². The number of nitrogens with zero attached hydrogens (tertiary/aromatic N) is 1. The topological polar surface area (TPSA) is 70.7 Å². The lowest BCUT2D eigenvalue weighted by molar-refractivity contribution is 0.0342. The Morgan fingerprint density at radius 2 is 1.79 bits per heavy atom. The van der Waals surface area contributed by atoms with Crippen molar-refractivity contribution >= 4 is 23.2 Å². The zero-order valence-electron chi connectivity index (χ0n) is 16.5. The van der Waals surface area contributed by atoms with Crippen LogP contribution in [0.4, 0.5) is 0 Å². The van der Waals surface area contributed by atoms with Crippen LogP contribution in [0, 0.1) is 0 Å². The van der Waals surface area contributed by atoms with Gasteiger partial charge in [-0.1, -0.05) is 18.6 Å². The Hall–Kier alpha value is -2.22. The highest BCUT2D eigenvalue weighted by Crippen LogP contribution is 2.28. The van der Waals surface area contributed by atoms with Crippen molar-refractivity contribution in [2.75, 3.05) is 26.3 Å². The van der Waals surface area contributed by atoms with Crippen LogP contribution < -0.4 is 10.9 Å². The van der Waals surface area contributed by atoms with Gasteiger partial charge in [0, 0.05) is 30.1 Å². The summed E-state index contributed by atoms with van der Waals surface area (Å²) in [7, 11) is 0. The Balaban J connectivity index is 1.33. The minimum atomic E-state index is -0.305. The predicted molar refractivity (Wildman–Crippen MR) is 113 cm³/mol. The highest BCUT2D eigenvalue weighted by Gasteiger charge is 2.17. The second-order valence-corrected chi connectivity index (χ2v) is 8.75. The number of carbonyl (C=O) groups is 2. The minimum absolute atomic E-state index is 0.249. The molecule has 4 rings (SSSR count). The number of aryl methyl sites for hydroxylation is 2. The van der Waals surface area contributed by atoms with Crippen LogP contribution in [0.1, 0.15) is 55.3 Å². The number of benzene rings is 1. The van der Waals surface area contributed by atoms with Crippen LogP contribution in [0.25, 0.3) is 0 Å². The average Bonchev–Trinajstić information content (AvgIpc) is 3.03. The van der Waals surface area contributed by atoms with Gasteiger partial charge in [-0.25, -0.2) is 0 Å². The van der Waals surface area contributed by atoms with E-state index in [1.54, 1.807) is 17.4 Å². The molecule has 0 radical (unpaired) electrons. The maximum absolute atomic E-state index is 12.5. The molecule has 2 amide bonds. The van der Waals surface area contributed by atoms with E-state index < -0.39 is 0 Å². The first-order chi connectivity index (χ1) is 14.2. The molecule has 1 aliphatic carbocycles. The van der Waals surface area contributed by atoms with Gasteiger partial charge in [0.2, 0.25) is 0 Å². The summed E-state index contributed by atoms with van der Waals surface area (Å²) < 4.78 is 5.38. The van der Waals surface area contributed by atoms with Gasteiger partial charge < -0.3 is 4.74 Å². The monoisotopic (exact) mass is 413 g/mol. The summed E-state index contributed by atoms with van der Waals surface area (Å²) in [6, 6.07) is 9.52. The summed E-state index contributed by atoms with van der Waals surface area (Å²) in [5.74, 6) is -0.554.